The third kappa shape index (κ3) is 5.32. The fourth-order valence-electron chi connectivity index (χ4n) is 2.89. The van der Waals surface area contributed by atoms with Crippen LogP contribution in [0, 0.1) is 5.82 Å². The summed E-state index contributed by atoms with van der Waals surface area (Å²) in [5.41, 5.74) is 8.41. The minimum absolute atomic E-state index is 0.167. The third-order valence-electron chi connectivity index (χ3n) is 4.20. The van der Waals surface area contributed by atoms with E-state index < -0.39 is 23.7 Å². The number of hydrogen-bond donors (Lipinski definition) is 3. The smallest absolute Gasteiger partial charge is 0.303 e. The molecule has 3 N–H and O–H groups in total. The van der Waals surface area contributed by atoms with E-state index in [1.807, 2.05) is 12.1 Å². The molecule has 0 aromatic heterocycles. The van der Waals surface area contributed by atoms with Crippen LogP contribution >= 0.6 is 12.6 Å². The molecule has 0 saturated heterocycles. The Balaban J connectivity index is 0.00000136. The number of rotatable bonds is 5. The molecule has 2 aromatic carbocycles. The molecule has 0 spiro atoms. The van der Waals surface area contributed by atoms with Crippen molar-refractivity contribution in [3.8, 4) is 0 Å². The summed E-state index contributed by atoms with van der Waals surface area (Å²) in [6, 6.07) is 12.6. The van der Waals surface area contributed by atoms with Crippen molar-refractivity contribution in [3.63, 3.8) is 0 Å². The minimum atomic E-state index is -1.05. The molecule has 0 aliphatic carbocycles. The maximum absolute atomic E-state index is 13.6. The molecule has 8 heteroatoms. The van der Waals surface area contributed by atoms with Crippen molar-refractivity contribution in [1.29, 1.82) is 0 Å². The second-order valence-corrected chi connectivity index (χ2v) is 6.08. The molecule has 1 aliphatic heterocycles. The van der Waals surface area contributed by atoms with E-state index in [9.17, 15) is 14.0 Å². The number of aliphatic carboxylic acids is 1. The lowest BCUT2D eigenvalue weighted by Crippen LogP contribution is -2.27. The molecule has 1 heterocycles. The molecule has 1 unspecified atom stereocenters. The number of carbonyl (C=O) groups excluding carboxylic acids is 1. The van der Waals surface area contributed by atoms with Crippen LogP contribution in [0.1, 0.15) is 36.4 Å². The van der Waals surface area contributed by atoms with Crippen LogP contribution in [0.2, 0.25) is 0 Å². The van der Waals surface area contributed by atoms with Gasteiger partial charge in [0, 0.05) is 18.5 Å². The first-order chi connectivity index (χ1) is 13.4. The quantitative estimate of drug-likeness (QED) is 0.526. The average molecular weight is 403 g/mol. The van der Waals surface area contributed by atoms with Crippen molar-refractivity contribution in [2.45, 2.75) is 25.3 Å². The number of nitrogen functional groups attached to an aromatic ring is 1. The van der Waals surface area contributed by atoms with E-state index >= 15 is 0 Å². The van der Waals surface area contributed by atoms with Crippen molar-refractivity contribution < 1.29 is 19.1 Å². The maximum atomic E-state index is 13.6. The summed E-state index contributed by atoms with van der Waals surface area (Å²) in [4.78, 5) is 23.3. The zero-order valence-corrected chi connectivity index (χ0v) is 16.3. The Labute approximate surface area is 168 Å². The average Bonchev–Trinajstić information content (AvgIpc) is 3.14. The van der Waals surface area contributed by atoms with Crippen LogP contribution in [0.4, 0.5) is 10.1 Å². The van der Waals surface area contributed by atoms with E-state index in [4.69, 9.17) is 10.8 Å². The monoisotopic (exact) mass is 403 g/mol. The fourth-order valence-corrected chi connectivity index (χ4v) is 2.89. The van der Waals surface area contributed by atoms with Crippen LogP contribution in [0.25, 0.3) is 0 Å². The third-order valence-corrected chi connectivity index (χ3v) is 4.20. The second kappa shape index (κ2) is 9.89. The lowest BCUT2D eigenvalue weighted by atomic mass is 9.98. The van der Waals surface area contributed by atoms with Gasteiger partial charge in [-0.2, -0.15) is 17.7 Å². The summed E-state index contributed by atoms with van der Waals surface area (Å²) in [5, 5.41) is 14.5. The van der Waals surface area contributed by atoms with Gasteiger partial charge in [0.25, 0.3) is 0 Å². The predicted molar refractivity (Wildman–Crippen MR) is 110 cm³/mol. The lowest BCUT2D eigenvalue weighted by molar-refractivity contribution is -0.141. The Hall–Kier alpha value is -2.87. The first-order valence-corrected chi connectivity index (χ1v) is 9.51. The van der Waals surface area contributed by atoms with Gasteiger partial charge < -0.3 is 10.8 Å². The molecule has 0 saturated carbocycles. The molecule has 28 heavy (non-hydrogen) atoms. The van der Waals surface area contributed by atoms with Crippen molar-refractivity contribution in [2.75, 3.05) is 12.0 Å². The molecule has 6 nitrogen and oxygen atoms in total. The highest BCUT2D eigenvalue weighted by Gasteiger charge is 2.33. The number of hydrogen-bond acceptors (Lipinski definition) is 5. The van der Waals surface area contributed by atoms with Gasteiger partial charge >= 0.3 is 5.97 Å². The van der Waals surface area contributed by atoms with Crippen LogP contribution in [0.15, 0.2) is 53.6 Å². The predicted octanol–water partition coefficient (Wildman–Crippen LogP) is 3.50. The van der Waals surface area contributed by atoms with Crippen molar-refractivity contribution in [2.24, 2.45) is 5.10 Å². The van der Waals surface area contributed by atoms with E-state index in [2.05, 4.69) is 17.7 Å². The highest BCUT2D eigenvalue weighted by atomic mass is 32.1. The van der Waals surface area contributed by atoms with Gasteiger partial charge in [0.15, 0.2) is 0 Å². The zero-order chi connectivity index (χ0) is 20.7. The molecule has 2 aromatic rings. The van der Waals surface area contributed by atoms with E-state index in [0.717, 1.165) is 5.56 Å². The van der Waals surface area contributed by atoms with E-state index in [-0.39, 0.29) is 12.8 Å². The van der Waals surface area contributed by atoms with E-state index in [0.29, 0.717) is 23.4 Å². The SMILES string of the molecule is CS.Nc1ccc(C2=NN(C(=O)CCC(=O)O)C(c3cccc(F)c3)C2)cc1. The molecule has 1 amide bonds. The summed E-state index contributed by atoms with van der Waals surface area (Å²) in [6.07, 6.45) is 1.66. The minimum Gasteiger partial charge on any atom is -0.481 e. The number of carboxylic acid groups (broad SMARTS) is 1. The Morgan fingerprint density at radius 3 is 2.50 bits per heavy atom. The molecule has 1 aliphatic rings. The molecule has 0 fully saturated rings. The van der Waals surface area contributed by atoms with E-state index in [1.165, 1.54) is 17.1 Å². The Bertz CT molecular complexity index is 871. The van der Waals surface area contributed by atoms with Gasteiger partial charge in [0.05, 0.1) is 18.2 Å². The number of carboxylic acids is 1. The molecule has 3 rings (SSSR count). The number of nitrogens with two attached hydrogens (primary N) is 1. The van der Waals surface area contributed by atoms with Crippen molar-refractivity contribution >= 4 is 35.9 Å². The standard InChI is InChI=1S/C19H18FN3O3.CH4S/c20-14-3-1-2-13(10-14)17-11-16(12-4-6-15(21)7-5-12)22-23(17)18(24)8-9-19(25)26;1-2/h1-7,10,17H,8-9,11,21H2,(H,25,26);2H,1H3. The van der Waals surface area contributed by atoms with Gasteiger partial charge in [-0.3, -0.25) is 9.59 Å². The second-order valence-electron chi connectivity index (χ2n) is 6.08. The summed E-state index contributed by atoms with van der Waals surface area (Å²) in [7, 11) is 0. The highest BCUT2D eigenvalue weighted by molar-refractivity contribution is 7.79. The van der Waals surface area contributed by atoms with Gasteiger partial charge in [0.2, 0.25) is 5.91 Å². The van der Waals surface area contributed by atoms with Gasteiger partial charge in [-0.15, -0.1) is 0 Å². The largest absolute Gasteiger partial charge is 0.481 e. The Morgan fingerprint density at radius 2 is 1.89 bits per heavy atom. The van der Waals surface area contributed by atoms with Crippen molar-refractivity contribution in [3.05, 3.63) is 65.5 Å². The summed E-state index contributed by atoms with van der Waals surface area (Å²) < 4.78 is 13.6. The zero-order valence-electron chi connectivity index (χ0n) is 15.4. The number of carbonyl (C=O) groups is 2. The highest BCUT2D eigenvalue weighted by Crippen LogP contribution is 2.33. The molecule has 1 atom stereocenters. The molecular weight excluding hydrogens is 381 g/mol. The van der Waals surface area contributed by atoms with Crippen LogP contribution < -0.4 is 5.73 Å². The van der Waals surface area contributed by atoms with Gasteiger partial charge in [-0.25, -0.2) is 9.40 Å². The van der Waals surface area contributed by atoms with Gasteiger partial charge in [-0.05, 0) is 41.6 Å². The lowest BCUT2D eigenvalue weighted by Gasteiger charge is -2.21. The Morgan fingerprint density at radius 1 is 1.21 bits per heavy atom. The first kappa shape index (κ1) is 21.4. The van der Waals surface area contributed by atoms with Gasteiger partial charge in [0.1, 0.15) is 5.82 Å². The Kier molecular flexibility index (Phi) is 7.57. The maximum Gasteiger partial charge on any atom is 0.303 e. The normalized spacial score (nSPS) is 15.5. The molecule has 0 radical (unpaired) electrons. The number of thiol groups is 1. The first-order valence-electron chi connectivity index (χ1n) is 8.61. The molecule has 0 bridgehead atoms. The van der Waals surface area contributed by atoms with Crippen LogP contribution in [0.5, 0.6) is 0 Å². The summed E-state index contributed by atoms with van der Waals surface area (Å²) >= 11 is 3.53. The number of amides is 1. The number of anilines is 1. The van der Waals surface area contributed by atoms with Crippen LogP contribution in [-0.4, -0.2) is 34.0 Å². The molecule has 148 valence electrons. The number of nitrogens with zero attached hydrogens (tertiary/aromatic N) is 2. The van der Waals surface area contributed by atoms with Crippen LogP contribution in [-0.2, 0) is 9.59 Å². The van der Waals surface area contributed by atoms with Crippen molar-refractivity contribution in [1.82, 2.24) is 5.01 Å². The fraction of sp³-hybridized carbons (Fsp3) is 0.250. The van der Waals surface area contributed by atoms with Gasteiger partial charge in [-0.1, -0.05) is 24.3 Å². The summed E-state index contributed by atoms with van der Waals surface area (Å²) in [5.74, 6) is -1.86. The molecular formula is C20H22FN3O3S. The number of halogens is 1. The number of hydrazone groups is 1. The summed E-state index contributed by atoms with van der Waals surface area (Å²) in [6.45, 7) is 0. The topological polar surface area (TPSA) is 96.0 Å². The van der Waals surface area contributed by atoms with Crippen LogP contribution in [0.3, 0.4) is 0 Å². The van der Waals surface area contributed by atoms with E-state index in [1.54, 1.807) is 30.5 Å². The number of benzene rings is 2.